The van der Waals surface area contributed by atoms with Crippen LogP contribution in [0.4, 0.5) is 0 Å². The van der Waals surface area contributed by atoms with Crippen molar-refractivity contribution < 1.29 is 4.79 Å². The third kappa shape index (κ3) is 10.7. The summed E-state index contributed by atoms with van der Waals surface area (Å²) in [5.74, 6) is 1.09. The highest BCUT2D eigenvalue weighted by atomic mass is 32.1. The lowest BCUT2D eigenvalue weighted by Gasteiger charge is -2.08. The van der Waals surface area contributed by atoms with E-state index in [1.165, 1.54) is 0 Å². The summed E-state index contributed by atoms with van der Waals surface area (Å²) < 4.78 is 0. The van der Waals surface area contributed by atoms with Crippen LogP contribution in [0.2, 0.25) is 0 Å². The van der Waals surface area contributed by atoms with E-state index in [1.54, 1.807) is 0 Å². The van der Waals surface area contributed by atoms with E-state index in [1.807, 2.05) is 0 Å². The van der Waals surface area contributed by atoms with Gasteiger partial charge in [0.2, 0.25) is 5.91 Å². The Morgan fingerprint density at radius 1 is 1.25 bits per heavy atom. The van der Waals surface area contributed by atoms with Crippen LogP contribution in [0.25, 0.3) is 0 Å². The molecule has 0 aromatic rings. The number of rotatable bonds is 10. The van der Waals surface area contributed by atoms with E-state index in [0.29, 0.717) is 11.7 Å². The first kappa shape index (κ1) is 16.2. The van der Waals surface area contributed by atoms with Crippen molar-refractivity contribution in [2.45, 2.75) is 57.1 Å². The van der Waals surface area contributed by atoms with Gasteiger partial charge in [0.1, 0.15) is 0 Å². The van der Waals surface area contributed by atoms with Crippen molar-refractivity contribution in [3.05, 3.63) is 0 Å². The molecule has 0 bridgehead atoms. The Morgan fingerprint density at radius 2 is 2.00 bits per heavy atom. The molecule has 1 N–H and O–H groups in total. The summed E-state index contributed by atoms with van der Waals surface area (Å²) in [7, 11) is 0. The first-order valence-electron chi connectivity index (χ1n) is 6.26. The fraction of sp³-hybridized carbons (Fsp3) is 0.917. The lowest BCUT2D eigenvalue weighted by atomic mass is 10.1. The predicted molar refractivity (Wildman–Crippen MR) is 77.6 cm³/mol. The molecule has 96 valence electrons. The molecule has 0 aromatic carbocycles. The number of amides is 1. The molecule has 0 saturated carbocycles. The largest absolute Gasteiger partial charge is 0.356 e. The fourth-order valence-corrected chi connectivity index (χ4v) is 2.28. The van der Waals surface area contributed by atoms with Gasteiger partial charge in [0.15, 0.2) is 0 Å². The molecule has 0 radical (unpaired) electrons. The van der Waals surface area contributed by atoms with Gasteiger partial charge in [-0.05, 0) is 31.4 Å². The Labute approximate surface area is 111 Å². The number of thiol groups is 2. The van der Waals surface area contributed by atoms with Gasteiger partial charge in [-0.2, -0.15) is 25.3 Å². The average molecular weight is 263 g/mol. The molecule has 4 heteroatoms. The quantitative estimate of drug-likeness (QED) is 0.410. The molecule has 0 aromatic heterocycles. The first-order valence-corrected chi connectivity index (χ1v) is 7.41. The van der Waals surface area contributed by atoms with Crippen molar-refractivity contribution in [1.82, 2.24) is 5.32 Å². The van der Waals surface area contributed by atoms with Gasteiger partial charge < -0.3 is 5.32 Å². The minimum atomic E-state index is 0.193. The summed E-state index contributed by atoms with van der Waals surface area (Å²) in [6.45, 7) is 2.95. The SMILES string of the molecule is CCCCNC(=O)CCCCC(S)CCS. The minimum Gasteiger partial charge on any atom is -0.356 e. The lowest BCUT2D eigenvalue weighted by molar-refractivity contribution is -0.121. The highest BCUT2D eigenvalue weighted by Gasteiger charge is 2.03. The van der Waals surface area contributed by atoms with Crippen LogP contribution in [-0.2, 0) is 4.79 Å². The smallest absolute Gasteiger partial charge is 0.219 e. The minimum absolute atomic E-state index is 0.193. The third-order valence-corrected chi connectivity index (χ3v) is 3.28. The maximum absolute atomic E-state index is 11.3. The maximum Gasteiger partial charge on any atom is 0.219 e. The van der Waals surface area contributed by atoms with Gasteiger partial charge in [-0.1, -0.05) is 19.8 Å². The Hall–Kier alpha value is 0.170. The molecule has 1 atom stereocenters. The van der Waals surface area contributed by atoms with Gasteiger partial charge in [0.25, 0.3) is 0 Å². The van der Waals surface area contributed by atoms with E-state index in [0.717, 1.165) is 50.8 Å². The van der Waals surface area contributed by atoms with Crippen molar-refractivity contribution in [3.63, 3.8) is 0 Å². The summed E-state index contributed by atoms with van der Waals surface area (Å²) in [5.41, 5.74) is 0. The molecule has 0 rings (SSSR count). The fourth-order valence-electron chi connectivity index (χ4n) is 1.45. The van der Waals surface area contributed by atoms with Gasteiger partial charge in [-0.3, -0.25) is 4.79 Å². The highest BCUT2D eigenvalue weighted by Crippen LogP contribution is 2.12. The van der Waals surface area contributed by atoms with Crippen LogP contribution in [0, 0.1) is 0 Å². The Balaban J connectivity index is 3.27. The molecule has 1 unspecified atom stereocenters. The van der Waals surface area contributed by atoms with Crippen LogP contribution in [0.1, 0.15) is 51.9 Å². The third-order valence-electron chi connectivity index (χ3n) is 2.51. The van der Waals surface area contributed by atoms with Gasteiger partial charge in [0.05, 0.1) is 0 Å². The zero-order valence-corrected chi connectivity index (χ0v) is 12.0. The van der Waals surface area contributed by atoms with Crippen LogP contribution in [0.15, 0.2) is 0 Å². The van der Waals surface area contributed by atoms with Crippen LogP contribution < -0.4 is 5.32 Å². The van der Waals surface area contributed by atoms with E-state index in [9.17, 15) is 4.79 Å². The number of carbonyl (C=O) groups is 1. The molecule has 0 spiro atoms. The summed E-state index contributed by atoms with van der Waals surface area (Å²) in [4.78, 5) is 11.3. The molecule has 0 fully saturated rings. The predicted octanol–water partition coefficient (Wildman–Crippen LogP) is 3.08. The molecular formula is C12H25NOS2. The molecule has 16 heavy (non-hydrogen) atoms. The van der Waals surface area contributed by atoms with Crippen molar-refractivity contribution in [2.75, 3.05) is 12.3 Å². The lowest BCUT2D eigenvalue weighted by Crippen LogP contribution is -2.23. The van der Waals surface area contributed by atoms with E-state index in [-0.39, 0.29) is 5.91 Å². The molecule has 0 aliphatic heterocycles. The van der Waals surface area contributed by atoms with Gasteiger partial charge in [0, 0.05) is 18.2 Å². The molecule has 0 aliphatic rings. The number of hydrogen-bond donors (Lipinski definition) is 3. The van der Waals surface area contributed by atoms with Gasteiger partial charge in [-0.15, -0.1) is 0 Å². The van der Waals surface area contributed by atoms with Crippen LogP contribution in [-0.4, -0.2) is 23.5 Å². The monoisotopic (exact) mass is 263 g/mol. The van der Waals surface area contributed by atoms with Crippen LogP contribution in [0.3, 0.4) is 0 Å². The number of nitrogens with one attached hydrogen (secondary N) is 1. The molecule has 0 aliphatic carbocycles. The molecule has 1 amide bonds. The van der Waals surface area contributed by atoms with Gasteiger partial charge in [-0.25, -0.2) is 0 Å². The average Bonchev–Trinajstić information content (AvgIpc) is 2.25. The Bertz CT molecular complexity index is 176. The number of hydrogen-bond acceptors (Lipinski definition) is 3. The summed E-state index contributed by atoms with van der Waals surface area (Å²) >= 11 is 8.63. The Morgan fingerprint density at radius 3 is 2.62 bits per heavy atom. The van der Waals surface area contributed by atoms with E-state index < -0.39 is 0 Å². The second-order valence-corrected chi connectivity index (χ2v) is 5.29. The summed E-state index contributed by atoms with van der Waals surface area (Å²) in [5, 5.41) is 3.37. The van der Waals surface area contributed by atoms with Crippen molar-refractivity contribution in [2.24, 2.45) is 0 Å². The summed E-state index contributed by atoms with van der Waals surface area (Å²) in [6.07, 6.45) is 7.06. The zero-order chi connectivity index (χ0) is 12.2. The van der Waals surface area contributed by atoms with E-state index >= 15 is 0 Å². The second-order valence-electron chi connectivity index (χ2n) is 4.12. The van der Waals surface area contributed by atoms with Gasteiger partial charge >= 0.3 is 0 Å². The number of carbonyl (C=O) groups excluding carboxylic acids is 1. The molecule has 0 heterocycles. The standard InChI is InChI=1S/C12H25NOS2/c1-2-3-9-13-12(14)7-5-4-6-11(16)8-10-15/h11,15-16H,2-10H2,1H3,(H,13,14). The zero-order valence-electron chi connectivity index (χ0n) is 10.2. The van der Waals surface area contributed by atoms with Crippen molar-refractivity contribution in [1.29, 1.82) is 0 Å². The van der Waals surface area contributed by atoms with Crippen molar-refractivity contribution >= 4 is 31.2 Å². The highest BCUT2D eigenvalue weighted by molar-refractivity contribution is 7.81. The van der Waals surface area contributed by atoms with Crippen LogP contribution >= 0.6 is 25.3 Å². The molecule has 2 nitrogen and oxygen atoms in total. The van der Waals surface area contributed by atoms with E-state index in [4.69, 9.17) is 0 Å². The maximum atomic E-state index is 11.3. The van der Waals surface area contributed by atoms with E-state index in [2.05, 4.69) is 37.5 Å². The normalized spacial score (nSPS) is 12.4. The summed E-state index contributed by atoms with van der Waals surface area (Å²) in [6, 6.07) is 0. The molecule has 0 saturated heterocycles. The topological polar surface area (TPSA) is 29.1 Å². The Kier molecular flexibility index (Phi) is 11.8. The van der Waals surface area contributed by atoms with Crippen LogP contribution in [0.5, 0.6) is 0 Å². The second kappa shape index (κ2) is 11.6. The first-order chi connectivity index (χ1) is 7.70. The molecular weight excluding hydrogens is 238 g/mol. The van der Waals surface area contributed by atoms with Crippen molar-refractivity contribution in [3.8, 4) is 0 Å². The number of unbranched alkanes of at least 4 members (excludes halogenated alkanes) is 2.